The normalized spacial score (nSPS) is 12.6. The molecule has 0 atom stereocenters. The van der Waals surface area contributed by atoms with E-state index < -0.39 is 0 Å². The van der Waals surface area contributed by atoms with Gasteiger partial charge in [0.15, 0.2) is 11.5 Å². The number of anilines is 1. The van der Waals surface area contributed by atoms with Gasteiger partial charge in [-0.3, -0.25) is 9.48 Å². The summed E-state index contributed by atoms with van der Waals surface area (Å²) in [6.07, 6.45) is 2.33. The summed E-state index contributed by atoms with van der Waals surface area (Å²) in [5.41, 5.74) is 3.24. The maximum atomic E-state index is 12.9. The van der Waals surface area contributed by atoms with Crippen LogP contribution in [-0.2, 0) is 13.0 Å². The molecule has 7 heteroatoms. The topological polar surface area (TPSA) is 65.4 Å². The van der Waals surface area contributed by atoms with Gasteiger partial charge in [0, 0.05) is 16.6 Å². The summed E-state index contributed by atoms with van der Waals surface area (Å²) in [5, 5.41) is 7.39. The molecule has 0 unspecified atom stereocenters. The van der Waals surface area contributed by atoms with E-state index in [-0.39, 0.29) is 5.91 Å². The first kappa shape index (κ1) is 18.6. The molecular formula is C21H20BrN3O3. The van der Waals surface area contributed by atoms with Gasteiger partial charge in [0.05, 0.1) is 29.7 Å². The third-order valence-electron chi connectivity index (χ3n) is 4.58. The molecule has 28 heavy (non-hydrogen) atoms. The Hall–Kier alpha value is -2.80. The average Bonchev–Trinajstić information content (AvgIpc) is 3.12. The number of fused-ring (bicyclic) bond motifs is 1. The minimum absolute atomic E-state index is 0.200. The van der Waals surface area contributed by atoms with Crippen LogP contribution in [0.1, 0.15) is 28.5 Å². The van der Waals surface area contributed by atoms with E-state index in [2.05, 4.69) is 26.3 Å². The highest BCUT2D eigenvalue weighted by atomic mass is 79.9. The number of halogens is 1. The highest BCUT2D eigenvalue weighted by molar-refractivity contribution is 9.10. The van der Waals surface area contributed by atoms with Crippen LogP contribution in [0.15, 0.2) is 53.1 Å². The van der Waals surface area contributed by atoms with Gasteiger partial charge in [-0.1, -0.05) is 37.3 Å². The fourth-order valence-electron chi connectivity index (χ4n) is 3.22. The van der Waals surface area contributed by atoms with Crippen LogP contribution in [0.3, 0.4) is 0 Å². The van der Waals surface area contributed by atoms with Crippen LogP contribution in [0.4, 0.5) is 5.69 Å². The summed E-state index contributed by atoms with van der Waals surface area (Å²) in [6, 6.07) is 13.7. The predicted molar refractivity (Wildman–Crippen MR) is 110 cm³/mol. The van der Waals surface area contributed by atoms with Crippen molar-refractivity contribution in [3.05, 3.63) is 70.0 Å². The third-order valence-corrected chi connectivity index (χ3v) is 5.24. The molecule has 6 nitrogen and oxygen atoms in total. The SMILES string of the molecule is CCc1c(C(=O)Nc2cc3c(cc2Br)OCCO3)cnn1Cc1ccccc1. The minimum Gasteiger partial charge on any atom is -0.486 e. The van der Waals surface area contributed by atoms with Crippen LogP contribution in [-0.4, -0.2) is 28.9 Å². The van der Waals surface area contributed by atoms with Gasteiger partial charge < -0.3 is 14.8 Å². The van der Waals surface area contributed by atoms with E-state index in [0.717, 1.165) is 15.7 Å². The van der Waals surface area contributed by atoms with E-state index in [1.165, 1.54) is 0 Å². The Morgan fingerprint density at radius 1 is 1.18 bits per heavy atom. The maximum absolute atomic E-state index is 12.9. The zero-order chi connectivity index (χ0) is 19.5. The lowest BCUT2D eigenvalue weighted by Crippen LogP contribution is -2.17. The number of nitrogens with one attached hydrogen (secondary N) is 1. The number of aromatic nitrogens is 2. The molecule has 4 rings (SSSR count). The van der Waals surface area contributed by atoms with Gasteiger partial charge in [0.2, 0.25) is 0 Å². The molecule has 1 aliphatic rings. The lowest BCUT2D eigenvalue weighted by Gasteiger charge is -2.20. The number of carbonyl (C=O) groups excluding carboxylic acids is 1. The first-order valence-corrected chi connectivity index (χ1v) is 9.94. The van der Waals surface area contributed by atoms with Crippen molar-refractivity contribution in [2.45, 2.75) is 19.9 Å². The second kappa shape index (κ2) is 8.06. The molecule has 0 fully saturated rings. The number of hydrogen-bond donors (Lipinski definition) is 1. The zero-order valence-corrected chi connectivity index (χ0v) is 17.0. The first-order valence-electron chi connectivity index (χ1n) is 9.15. The van der Waals surface area contributed by atoms with Crippen LogP contribution in [0.2, 0.25) is 0 Å². The molecule has 0 spiro atoms. The van der Waals surface area contributed by atoms with E-state index in [0.29, 0.717) is 48.9 Å². The summed E-state index contributed by atoms with van der Waals surface area (Å²) < 4.78 is 13.8. The molecule has 1 N–H and O–H groups in total. The Morgan fingerprint density at radius 3 is 2.61 bits per heavy atom. The third kappa shape index (κ3) is 3.75. The zero-order valence-electron chi connectivity index (χ0n) is 15.4. The Kier molecular flexibility index (Phi) is 5.34. The maximum Gasteiger partial charge on any atom is 0.259 e. The summed E-state index contributed by atoms with van der Waals surface area (Å²) in [4.78, 5) is 12.9. The van der Waals surface area contributed by atoms with E-state index >= 15 is 0 Å². The van der Waals surface area contributed by atoms with Gasteiger partial charge in [0.1, 0.15) is 13.2 Å². The molecular weight excluding hydrogens is 422 g/mol. The molecule has 3 aromatic rings. The van der Waals surface area contributed by atoms with E-state index in [9.17, 15) is 4.79 Å². The molecule has 1 amide bonds. The van der Waals surface area contributed by atoms with Gasteiger partial charge >= 0.3 is 0 Å². The molecule has 0 bridgehead atoms. The average molecular weight is 442 g/mol. The number of amides is 1. The monoisotopic (exact) mass is 441 g/mol. The summed E-state index contributed by atoms with van der Waals surface area (Å²) in [5.74, 6) is 1.09. The quantitative estimate of drug-likeness (QED) is 0.641. The molecule has 1 aromatic heterocycles. The highest BCUT2D eigenvalue weighted by Crippen LogP contribution is 2.38. The van der Waals surface area contributed by atoms with Crippen molar-refractivity contribution in [1.29, 1.82) is 0 Å². The fourth-order valence-corrected chi connectivity index (χ4v) is 3.64. The Labute approximate surface area is 171 Å². The molecule has 144 valence electrons. The van der Waals surface area contributed by atoms with Crippen molar-refractivity contribution in [2.24, 2.45) is 0 Å². The first-order chi connectivity index (χ1) is 13.7. The molecule has 1 aliphatic heterocycles. The van der Waals surface area contributed by atoms with Gasteiger partial charge in [-0.2, -0.15) is 5.10 Å². The summed E-state index contributed by atoms with van der Waals surface area (Å²) >= 11 is 3.49. The lowest BCUT2D eigenvalue weighted by molar-refractivity contribution is 0.102. The molecule has 0 saturated heterocycles. The summed E-state index contributed by atoms with van der Waals surface area (Å²) in [7, 11) is 0. The Bertz CT molecular complexity index is 1000. The number of benzene rings is 2. The number of rotatable bonds is 5. The van der Waals surface area contributed by atoms with E-state index in [4.69, 9.17) is 9.47 Å². The van der Waals surface area contributed by atoms with Gasteiger partial charge in [-0.25, -0.2) is 0 Å². The van der Waals surface area contributed by atoms with Crippen molar-refractivity contribution in [3.63, 3.8) is 0 Å². The molecule has 2 aromatic carbocycles. The van der Waals surface area contributed by atoms with Crippen molar-refractivity contribution in [3.8, 4) is 11.5 Å². The lowest BCUT2D eigenvalue weighted by atomic mass is 10.1. The van der Waals surface area contributed by atoms with Crippen molar-refractivity contribution >= 4 is 27.5 Å². The standard InChI is InChI=1S/C21H20BrN3O3/c1-2-18-15(12-23-25(18)13-14-6-4-3-5-7-14)21(26)24-17-11-20-19(10-16(17)22)27-8-9-28-20/h3-7,10-12H,2,8-9,13H2,1H3,(H,24,26). The molecule has 0 saturated carbocycles. The number of nitrogens with zero attached hydrogens (tertiary/aromatic N) is 2. The molecule has 0 radical (unpaired) electrons. The largest absolute Gasteiger partial charge is 0.486 e. The number of hydrogen-bond acceptors (Lipinski definition) is 4. The van der Waals surface area contributed by atoms with Crippen LogP contribution >= 0.6 is 15.9 Å². The number of ether oxygens (including phenoxy) is 2. The highest BCUT2D eigenvalue weighted by Gasteiger charge is 2.20. The second-order valence-electron chi connectivity index (χ2n) is 6.43. The van der Waals surface area contributed by atoms with E-state index in [1.54, 1.807) is 12.3 Å². The minimum atomic E-state index is -0.200. The fraction of sp³-hybridized carbons (Fsp3) is 0.238. The van der Waals surface area contributed by atoms with E-state index in [1.807, 2.05) is 48.0 Å². The number of carbonyl (C=O) groups is 1. The van der Waals surface area contributed by atoms with Crippen molar-refractivity contribution in [1.82, 2.24) is 9.78 Å². The van der Waals surface area contributed by atoms with Gasteiger partial charge in [0.25, 0.3) is 5.91 Å². The summed E-state index contributed by atoms with van der Waals surface area (Å²) in [6.45, 7) is 3.67. The van der Waals surface area contributed by atoms with Crippen LogP contribution in [0.25, 0.3) is 0 Å². The second-order valence-corrected chi connectivity index (χ2v) is 7.29. The Balaban J connectivity index is 1.57. The van der Waals surface area contributed by atoms with Crippen molar-refractivity contribution < 1.29 is 14.3 Å². The van der Waals surface area contributed by atoms with Crippen LogP contribution in [0.5, 0.6) is 11.5 Å². The van der Waals surface area contributed by atoms with Gasteiger partial charge in [-0.15, -0.1) is 0 Å². The van der Waals surface area contributed by atoms with Crippen molar-refractivity contribution in [2.75, 3.05) is 18.5 Å². The predicted octanol–water partition coefficient (Wildman–Crippen LogP) is 4.28. The Morgan fingerprint density at radius 2 is 1.89 bits per heavy atom. The van der Waals surface area contributed by atoms with Crippen LogP contribution in [0, 0.1) is 0 Å². The van der Waals surface area contributed by atoms with Gasteiger partial charge in [-0.05, 0) is 27.9 Å². The van der Waals surface area contributed by atoms with Crippen LogP contribution < -0.4 is 14.8 Å². The molecule has 0 aliphatic carbocycles. The smallest absolute Gasteiger partial charge is 0.259 e. The molecule has 2 heterocycles.